The SMILES string of the molecule is O=P(c1ccccc1)(c1ccccc1)c1cccc2c1-c1c(cccc1P(=O)(c1ccccc1)c1ccccc1)OCCOCCOCCOCCOCCO2. The van der Waals surface area contributed by atoms with Gasteiger partial charge in [0, 0.05) is 43.0 Å². The standard InChI is InChI=1S/C46H46O8P2/c47-55(37-15-5-1-6-16-37,38-17-7-2-8-18-38)43-25-13-23-41-45(43)46-42(54-36-34-52-32-30-50-28-27-49-29-31-51-33-35-53-41)24-14-26-44(46)56(48,39-19-9-3-10-20-39)40-21-11-4-12-22-40/h1-26H,27-36H2. The molecule has 0 aliphatic carbocycles. The summed E-state index contributed by atoms with van der Waals surface area (Å²) in [7, 11) is -7.29. The molecule has 8 nitrogen and oxygen atoms in total. The van der Waals surface area contributed by atoms with Gasteiger partial charge in [0.2, 0.25) is 0 Å². The highest BCUT2D eigenvalue weighted by Crippen LogP contribution is 2.52. The summed E-state index contributed by atoms with van der Waals surface area (Å²) < 4.78 is 69.1. The number of ether oxygens (including phenoxy) is 6. The van der Waals surface area contributed by atoms with Gasteiger partial charge in [-0.2, -0.15) is 0 Å². The maximum Gasteiger partial charge on any atom is 0.171 e. The summed E-state index contributed by atoms with van der Waals surface area (Å²) in [6, 6.07) is 49.3. The van der Waals surface area contributed by atoms with Crippen LogP contribution in [-0.4, -0.2) is 66.1 Å². The molecule has 7 rings (SSSR count). The summed E-state index contributed by atoms with van der Waals surface area (Å²) in [5.74, 6) is 0.921. The van der Waals surface area contributed by atoms with Crippen LogP contribution in [0.3, 0.4) is 0 Å². The normalized spacial score (nSPS) is 15.3. The van der Waals surface area contributed by atoms with Gasteiger partial charge in [-0.05, 0) is 24.3 Å². The first-order valence-corrected chi connectivity index (χ1v) is 22.3. The molecule has 56 heavy (non-hydrogen) atoms. The van der Waals surface area contributed by atoms with Gasteiger partial charge in [-0.15, -0.1) is 0 Å². The molecule has 6 aromatic rings. The molecule has 0 saturated carbocycles. The van der Waals surface area contributed by atoms with Crippen LogP contribution >= 0.6 is 14.3 Å². The zero-order valence-corrected chi connectivity index (χ0v) is 33.0. The molecule has 0 amide bonds. The highest BCUT2D eigenvalue weighted by molar-refractivity contribution is 7.86. The fraction of sp³-hybridized carbons (Fsp3) is 0.217. The van der Waals surface area contributed by atoms with Crippen LogP contribution in [0.25, 0.3) is 11.1 Å². The van der Waals surface area contributed by atoms with Gasteiger partial charge in [0.25, 0.3) is 0 Å². The van der Waals surface area contributed by atoms with Crippen LogP contribution in [0, 0.1) is 0 Å². The predicted molar refractivity (Wildman–Crippen MR) is 225 cm³/mol. The molecule has 0 aromatic heterocycles. The Bertz CT molecular complexity index is 1990. The lowest BCUT2D eigenvalue weighted by atomic mass is 10.0. The maximum absolute atomic E-state index is 16.4. The minimum Gasteiger partial charge on any atom is -0.491 e. The van der Waals surface area contributed by atoms with Gasteiger partial charge in [0.1, 0.15) is 24.7 Å². The van der Waals surface area contributed by atoms with Crippen molar-refractivity contribution >= 4 is 46.1 Å². The fourth-order valence-electron chi connectivity index (χ4n) is 6.90. The van der Waals surface area contributed by atoms with Gasteiger partial charge in [-0.3, -0.25) is 0 Å². The lowest BCUT2D eigenvalue weighted by Crippen LogP contribution is -2.30. The first-order valence-electron chi connectivity index (χ1n) is 18.9. The summed E-state index contributed by atoms with van der Waals surface area (Å²) >= 11 is 0. The molecule has 0 N–H and O–H groups in total. The molecule has 0 atom stereocenters. The molecular formula is C46H46O8P2. The van der Waals surface area contributed by atoms with E-state index in [1.807, 2.05) is 158 Å². The van der Waals surface area contributed by atoms with Crippen LogP contribution in [0.5, 0.6) is 11.5 Å². The van der Waals surface area contributed by atoms with E-state index in [1.54, 1.807) is 0 Å². The summed E-state index contributed by atoms with van der Waals surface area (Å²) in [5.41, 5.74) is 1.07. The Hall–Kier alpha value is -4.78. The van der Waals surface area contributed by atoms with E-state index in [9.17, 15) is 0 Å². The first kappa shape index (κ1) is 39.5. The van der Waals surface area contributed by atoms with Crippen molar-refractivity contribution in [2.45, 2.75) is 0 Å². The first-order chi connectivity index (χ1) is 27.6. The summed E-state index contributed by atoms with van der Waals surface area (Å²) in [5, 5.41) is 3.67. The number of hydrogen-bond acceptors (Lipinski definition) is 8. The molecule has 1 aliphatic rings. The molecule has 0 spiro atoms. The largest absolute Gasteiger partial charge is 0.491 e. The van der Waals surface area contributed by atoms with E-state index in [1.165, 1.54) is 0 Å². The molecule has 288 valence electrons. The van der Waals surface area contributed by atoms with Gasteiger partial charge in [0.15, 0.2) is 14.3 Å². The molecule has 0 radical (unpaired) electrons. The second kappa shape index (κ2) is 19.4. The van der Waals surface area contributed by atoms with Crippen molar-refractivity contribution in [1.82, 2.24) is 0 Å². The van der Waals surface area contributed by atoms with Crippen LogP contribution in [0.1, 0.15) is 0 Å². The molecule has 0 fully saturated rings. The maximum atomic E-state index is 16.4. The van der Waals surface area contributed by atoms with Crippen molar-refractivity contribution in [2.24, 2.45) is 0 Å². The van der Waals surface area contributed by atoms with E-state index in [0.717, 1.165) is 0 Å². The lowest BCUT2D eigenvalue weighted by Gasteiger charge is -2.29. The lowest BCUT2D eigenvalue weighted by molar-refractivity contribution is -0.00704. The van der Waals surface area contributed by atoms with E-state index >= 15 is 9.13 Å². The molecule has 0 saturated heterocycles. The molecule has 1 aliphatic heterocycles. The molecular weight excluding hydrogens is 742 g/mol. The molecule has 0 unspecified atom stereocenters. The highest BCUT2D eigenvalue weighted by Gasteiger charge is 2.39. The van der Waals surface area contributed by atoms with E-state index in [0.29, 0.717) is 94.1 Å². The van der Waals surface area contributed by atoms with E-state index < -0.39 is 14.3 Å². The van der Waals surface area contributed by atoms with E-state index in [4.69, 9.17) is 28.4 Å². The third-order valence-corrected chi connectivity index (χ3v) is 15.7. The van der Waals surface area contributed by atoms with Crippen LogP contribution in [-0.2, 0) is 28.1 Å². The Morgan fingerprint density at radius 2 is 0.571 bits per heavy atom. The van der Waals surface area contributed by atoms with Crippen LogP contribution in [0.4, 0.5) is 0 Å². The third kappa shape index (κ3) is 8.77. The minimum absolute atomic E-state index is 0.196. The predicted octanol–water partition coefficient (Wildman–Crippen LogP) is 6.47. The van der Waals surface area contributed by atoms with Crippen LogP contribution < -0.4 is 41.3 Å². The van der Waals surface area contributed by atoms with Crippen molar-refractivity contribution < 1.29 is 37.6 Å². The second-order valence-corrected chi connectivity index (χ2v) is 18.5. The summed E-state index contributed by atoms with van der Waals surface area (Å²) in [6.45, 7) is 3.47. The van der Waals surface area contributed by atoms with Gasteiger partial charge < -0.3 is 37.6 Å². The number of hydrogen-bond donors (Lipinski definition) is 0. The van der Waals surface area contributed by atoms with Crippen LogP contribution in [0.2, 0.25) is 0 Å². The average molecular weight is 789 g/mol. The van der Waals surface area contributed by atoms with Crippen LogP contribution in [0.15, 0.2) is 158 Å². The Morgan fingerprint density at radius 3 is 0.857 bits per heavy atom. The third-order valence-electron chi connectivity index (χ3n) is 9.50. The Kier molecular flexibility index (Phi) is 13.7. The smallest absolute Gasteiger partial charge is 0.171 e. The van der Waals surface area contributed by atoms with Gasteiger partial charge in [0.05, 0.1) is 52.9 Å². The van der Waals surface area contributed by atoms with Crippen molar-refractivity contribution in [3.8, 4) is 22.6 Å². The summed E-state index contributed by atoms with van der Waals surface area (Å²) in [6.07, 6.45) is 0. The van der Waals surface area contributed by atoms with E-state index in [-0.39, 0.29) is 26.4 Å². The van der Waals surface area contributed by atoms with Crippen molar-refractivity contribution in [3.63, 3.8) is 0 Å². The summed E-state index contributed by atoms with van der Waals surface area (Å²) in [4.78, 5) is 0. The topological polar surface area (TPSA) is 89.5 Å². The Morgan fingerprint density at radius 1 is 0.304 bits per heavy atom. The van der Waals surface area contributed by atoms with Gasteiger partial charge in [-0.25, -0.2) is 0 Å². The fourth-order valence-corrected chi connectivity index (χ4v) is 12.6. The van der Waals surface area contributed by atoms with E-state index in [2.05, 4.69) is 0 Å². The van der Waals surface area contributed by atoms with Crippen molar-refractivity contribution in [3.05, 3.63) is 158 Å². The molecule has 10 heteroatoms. The van der Waals surface area contributed by atoms with Gasteiger partial charge >= 0.3 is 0 Å². The molecule has 6 aromatic carbocycles. The zero-order valence-electron chi connectivity index (χ0n) is 31.2. The Balaban J connectivity index is 1.52. The van der Waals surface area contributed by atoms with Crippen molar-refractivity contribution in [2.75, 3.05) is 66.1 Å². The van der Waals surface area contributed by atoms with Crippen molar-refractivity contribution in [1.29, 1.82) is 0 Å². The minimum atomic E-state index is -3.65. The molecule has 1 heterocycles. The number of benzene rings is 6. The number of rotatable bonds is 6. The monoisotopic (exact) mass is 788 g/mol. The van der Waals surface area contributed by atoms with Gasteiger partial charge in [-0.1, -0.05) is 133 Å². The Labute approximate surface area is 329 Å². The number of fused-ring (bicyclic) bond motifs is 3. The second-order valence-electron chi connectivity index (χ2n) is 13.0. The zero-order chi connectivity index (χ0) is 38.5. The highest BCUT2D eigenvalue weighted by atomic mass is 31.2. The quantitative estimate of drug-likeness (QED) is 0.178. The average Bonchev–Trinajstić information content (AvgIpc) is 3.26. The molecule has 0 bridgehead atoms.